The highest BCUT2D eigenvalue weighted by atomic mass is 32.2. The molecule has 1 aromatic carbocycles. The van der Waals surface area contributed by atoms with Gasteiger partial charge in [0.2, 0.25) is 0 Å². The molecule has 0 radical (unpaired) electrons. The van der Waals surface area contributed by atoms with Gasteiger partial charge >= 0.3 is 0 Å². The van der Waals surface area contributed by atoms with Crippen LogP contribution in [-0.4, -0.2) is 19.7 Å². The Morgan fingerprint density at radius 2 is 1.95 bits per heavy atom. The lowest BCUT2D eigenvalue weighted by Crippen LogP contribution is -1.92. The fourth-order valence-corrected chi connectivity index (χ4v) is 2.77. The van der Waals surface area contributed by atoms with E-state index in [9.17, 15) is 5.11 Å². The van der Waals surface area contributed by atoms with Gasteiger partial charge in [0.1, 0.15) is 10.8 Å². The molecule has 2 aromatic heterocycles. The summed E-state index contributed by atoms with van der Waals surface area (Å²) in [6.07, 6.45) is 3.62. The van der Waals surface area contributed by atoms with Crippen molar-refractivity contribution in [2.45, 2.75) is 29.7 Å². The van der Waals surface area contributed by atoms with Crippen LogP contribution in [0.25, 0.3) is 5.52 Å². The third kappa shape index (κ3) is 2.49. The molecule has 5 heteroatoms. The second-order valence-electron chi connectivity index (χ2n) is 4.88. The van der Waals surface area contributed by atoms with E-state index in [-0.39, 0.29) is 5.75 Å². The topological polar surface area (TPSA) is 50.4 Å². The van der Waals surface area contributed by atoms with Crippen molar-refractivity contribution in [3.63, 3.8) is 0 Å². The summed E-state index contributed by atoms with van der Waals surface area (Å²) in [5.41, 5.74) is 2.07. The summed E-state index contributed by atoms with van der Waals surface area (Å²) in [7, 11) is 0. The first-order chi connectivity index (χ1) is 9.63. The van der Waals surface area contributed by atoms with Crippen molar-refractivity contribution in [3.05, 3.63) is 48.4 Å². The molecule has 20 heavy (non-hydrogen) atoms. The van der Waals surface area contributed by atoms with E-state index in [2.05, 4.69) is 30.0 Å². The van der Waals surface area contributed by atoms with Crippen LogP contribution in [-0.2, 0) is 0 Å². The summed E-state index contributed by atoms with van der Waals surface area (Å²) in [5.74, 6) is 0.661. The molecule has 0 saturated heterocycles. The summed E-state index contributed by atoms with van der Waals surface area (Å²) in [5, 5.41) is 14.8. The molecule has 0 amide bonds. The Hall–Kier alpha value is -2.01. The minimum Gasteiger partial charge on any atom is -0.508 e. The third-order valence-corrected chi connectivity index (χ3v) is 4.03. The van der Waals surface area contributed by atoms with Crippen LogP contribution in [0.15, 0.2) is 52.6 Å². The van der Waals surface area contributed by atoms with Gasteiger partial charge in [0, 0.05) is 17.3 Å². The Labute approximate surface area is 121 Å². The number of aromatic nitrogens is 3. The zero-order valence-electron chi connectivity index (χ0n) is 11.3. The molecule has 0 fully saturated rings. The van der Waals surface area contributed by atoms with Crippen molar-refractivity contribution >= 4 is 17.3 Å². The van der Waals surface area contributed by atoms with Gasteiger partial charge < -0.3 is 5.11 Å². The molecule has 1 N–H and O–H groups in total. The van der Waals surface area contributed by atoms with Gasteiger partial charge in [-0.2, -0.15) is 5.10 Å². The molecular formula is C15H15N3OS. The van der Waals surface area contributed by atoms with Crippen molar-refractivity contribution in [1.82, 2.24) is 14.6 Å². The smallest absolute Gasteiger partial charge is 0.127 e. The SMILES string of the molecule is CC(C)c1cc2c(Sc3ccc(O)cc3)nccn2n1. The van der Waals surface area contributed by atoms with Crippen molar-refractivity contribution in [2.24, 2.45) is 0 Å². The predicted molar refractivity (Wildman–Crippen MR) is 79.3 cm³/mol. The minimum atomic E-state index is 0.270. The van der Waals surface area contributed by atoms with E-state index in [4.69, 9.17) is 0 Å². The molecule has 0 unspecified atom stereocenters. The number of phenolic OH excluding ortho intramolecular Hbond substituents is 1. The second kappa shape index (κ2) is 5.17. The van der Waals surface area contributed by atoms with Crippen LogP contribution in [0.4, 0.5) is 0 Å². The summed E-state index contributed by atoms with van der Waals surface area (Å²) in [6, 6.07) is 9.20. The van der Waals surface area contributed by atoms with Crippen molar-refractivity contribution in [3.8, 4) is 5.75 Å². The highest BCUT2D eigenvalue weighted by Gasteiger charge is 2.10. The quantitative estimate of drug-likeness (QED) is 0.797. The largest absolute Gasteiger partial charge is 0.508 e. The van der Waals surface area contributed by atoms with E-state index < -0.39 is 0 Å². The van der Waals surface area contributed by atoms with E-state index in [1.807, 2.05) is 22.8 Å². The molecule has 4 nitrogen and oxygen atoms in total. The lowest BCUT2D eigenvalue weighted by molar-refractivity contribution is 0.475. The van der Waals surface area contributed by atoms with Crippen LogP contribution in [0.1, 0.15) is 25.5 Å². The monoisotopic (exact) mass is 285 g/mol. The van der Waals surface area contributed by atoms with E-state index in [1.165, 1.54) is 0 Å². The van der Waals surface area contributed by atoms with Gasteiger partial charge in [-0.15, -0.1) is 0 Å². The van der Waals surface area contributed by atoms with Crippen LogP contribution >= 0.6 is 11.8 Å². The standard InChI is InChI=1S/C15H15N3OS/c1-10(2)13-9-14-15(16-7-8-18(14)17-13)20-12-5-3-11(19)4-6-12/h3-10,19H,1-2H3. The average molecular weight is 285 g/mol. The Balaban J connectivity index is 2.00. The van der Waals surface area contributed by atoms with Crippen molar-refractivity contribution in [1.29, 1.82) is 0 Å². The zero-order chi connectivity index (χ0) is 14.1. The van der Waals surface area contributed by atoms with Gasteiger partial charge in [0.05, 0.1) is 11.2 Å². The third-order valence-electron chi connectivity index (χ3n) is 3.02. The normalized spacial score (nSPS) is 11.3. The molecule has 0 aliphatic rings. The Morgan fingerprint density at radius 1 is 1.20 bits per heavy atom. The van der Waals surface area contributed by atoms with E-state index in [0.29, 0.717) is 5.92 Å². The molecule has 2 heterocycles. The molecule has 0 bridgehead atoms. The zero-order valence-corrected chi connectivity index (χ0v) is 12.1. The number of phenols is 1. The maximum absolute atomic E-state index is 9.32. The Bertz CT molecular complexity index is 734. The highest BCUT2D eigenvalue weighted by Crippen LogP contribution is 2.31. The van der Waals surface area contributed by atoms with Gasteiger partial charge in [0.15, 0.2) is 0 Å². The number of rotatable bonds is 3. The van der Waals surface area contributed by atoms with Crippen LogP contribution in [0, 0.1) is 0 Å². The number of nitrogens with zero attached hydrogens (tertiary/aromatic N) is 3. The molecule has 3 aromatic rings. The Morgan fingerprint density at radius 3 is 2.65 bits per heavy atom. The Kier molecular flexibility index (Phi) is 3.36. The van der Waals surface area contributed by atoms with Gasteiger partial charge in [-0.1, -0.05) is 25.6 Å². The summed E-state index contributed by atoms with van der Waals surface area (Å²) < 4.78 is 1.87. The van der Waals surface area contributed by atoms with Crippen molar-refractivity contribution in [2.75, 3.05) is 0 Å². The molecule has 3 rings (SSSR count). The summed E-state index contributed by atoms with van der Waals surface area (Å²) >= 11 is 1.57. The molecule has 0 atom stereocenters. The van der Waals surface area contributed by atoms with Crippen LogP contribution in [0.3, 0.4) is 0 Å². The lowest BCUT2D eigenvalue weighted by Gasteiger charge is -2.02. The minimum absolute atomic E-state index is 0.270. The number of aromatic hydroxyl groups is 1. The summed E-state index contributed by atoms with van der Waals surface area (Å²) in [6.45, 7) is 4.25. The van der Waals surface area contributed by atoms with Gasteiger partial charge in [0.25, 0.3) is 0 Å². The number of hydrogen-bond donors (Lipinski definition) is 1. The first-order valence-corrected chi connectivity index (χ1v) is 7.26. The predicted octanol–water partition coefficient (Wildman–Crippen LogP) is 3.71. The molecule has 0 aliphatic carbocycles. The first kappa shape index (κ1) is 13.0. The van der Waals surface area contributed by atoms with Gasteiger partial charge in [-0.05, 0) is 36.2 Å². The molecular weight excluding hydrogens is 270 g/mol. The summed E-state index contributed by atoms with van der Waals surface area (Å²) in [4.78, 5) is 5.47. The van der Waals surface area contributed by atoms with E-state index in [1.54, 1.807) is 30.1 Å². The number of benzene rings is 1. The maximum Gasteiger partial charge on any atom is 0.127 e. The van der Waals surface area contributed by atoms with Crippen LogP contribution < -0.4 is 0 Å². The molecule has 0 saturated carbocycles. The van der Waals surface area contributed by atoms with E-state index >= 15 is 0 Å². The number of hydrogen-bond acceptors (Lipinski definition) is 4. The average Bonchev–Trinajstić information content (AvgIpc) is 2.87. The van der Waals surface area contributed by atoms with Crippen molar-refractivity contribution < 1.29 is 5.11 Å². The molecule has 0 aliphatic heterocycles. The van der Waals surface area contributed by atoms with Crippen LogP contribution in [0.2, 0.25) is 0 Å². The van der Waals surface area contributed by atoms with E-state index in [0.717, 1.165) is 21.1 Å². The van der Waals surface area contributed by atoms with Gasteiger partial charge in [-0.3, -0.25) is 0 Å². The maximum atomic E-state index is 9.32. The number of fused-ring (bicyclic) bond motifs is 1. The lowest BCUT2D eigenvalue weighted by atomic mass is 10.1. The first-order valence-electron chi connectivity index (χ1n) is 6.44. The fraction of sp³-hybridized carbons (Fsp3) is 0.200. The molecule has 0 spiro atoms. The highest BCUT2D eigenvalue weighted by molar-refractivity contribution is 7.99. The molecule has 102 valence electrons. The fourth-order valence-electron chi connectivity index (χ4n) is 1.90. The second-order valence-corrected chi connectivity index (χ2v) is 5.94. The van der Waals surface area contributed by atoms with Gasteiger partial charge in [-0.25, -0.2) is 9.50 Å². The van der Waals surface area contributed by atoms with Crippen LogP contribution in [0.5, 0.6) is 5.75 Å².